The molecule has 2 amide bonds. The number of aliphatic hydroxyl groups excluding tert-OH is 5. The van der Waals surface area contributed by atoms with Crippen LogP contribution in [0.3, 0.4) is 0 Å². The van der Waals surface area contributed by atoms with Crippen LogP contribution in [-0.4, -0.2) is 125 Å². The Morgan fingerprint density at radius 3 is 1.93 bits per heavy atom. The lowest BCUT2D eigenvalue weighted by Crippen LogP contribution is -2.57. The van der Waals surface area contributed by atoms with Gasteiger partial charge in [-0.05, 0) is 0 Å². The van der Waals surface area contributed by atoms with E-state index in [1.54, 1.807) is 0 Å². The monoisotopic (exact) mass is 727 g/mol. The van der Waals surface area contributed by atoms with Crippen LogP contribution in [-0.2, 0) is 59.3 Å². The van der Waals surface area contributed by atoms with Crippen LogP contribution in [0.4, 0.5) is 4.39 Å². The third kappa shape index (κ3) is 9.57. The van der Waals surface area contributed by atoms with Crippen LogP contribution in [0.5, 0.6) is 0 Å². The Kier molecular flexibility index (Phi) is 12.0. The summed E-state index contributed by atoms with van der Waals surface area (Å²) in [5.74, 6) is -2.99. The van der Waals surface area contributed by atoms with Gasteiger partial charge in [0.15, 0.2) is 12.5 Å². The van der Waals surface area contributed by atoms with Gasteiger partial charge in [0.05, 0.1) is 19.1 Å². The predicted molar refractivity (Wildman–Crippen MR) is 129 cm³/mol. The number of ether oxygens (including phenoxy) is 2. The van der Waals surface area contributed by atoms with Gasteiger partial charge in [0.25, 0.3) is 0 Å². The third-order valence-electron chi connectivity index (χ3n) is 5.82. The largest absolute Gasteiger partial charge is 0.490 e. The van der Waals surface area contributed by atoms with Crippen LogP contribution >= 0.6 is 31.3 Å². The number of phosphoric acid groups is 4. The number of carbonyl (C=O) groups is 2. The summed E-state index contributed by atoms with van der Waals surface area (Å²) in [6.07, 6.45) is -16.6. The van der Waals surface area contributed by atoms with Gasteiger partial charge in [0.2, 0.25) is 11.8 Å². The summed E-state index contributed by atoms with van der Waals surface area (Å²) in [6, 6.07) is 0. The van der Waals surface area contributed by atoms with Crippen LogP contribution in [0, 0.1) is 5.92 Å². The Morgan fingerprint density at radius 1 is 0.795 bits per heavy atom. The molecule has 254 valence electrons. The number of imide groups is 1. The van der Waals surface area contributed by atoms with Crippen LogP contribution < -0.4 is 5.32 Å². The summed E-state index contributed by atoms with van der Waals surface area (Å²) in [5.41, 5.74) is 0. The number of rotatable bonds is 13. The first-order valence-corrected chi connectivity index (χ1v) is 17.6. The average molecular weight is 727 g/mol. The van der Waals surface area contributed by atoms with E-state index in [1.165, 1.54) is 0 Å². The van der Waals surface area contributed by atoms with Crippen molar-refractivity contribution in [1.82, 2.24) is 5.32 Å². The summed E-state index contributed by atoms with van der Waals surface area (Å²) in [4.78, 5) is 61.9. The fourth-order valence-electron chi connectivity index (χ4n) is 3.89. The molecule has 0 radical (unpaired) electrons. The molecule has 0 aromatic rings. The predicted octanol–water partition coefficient (Wildman–Crippen LogP) is -3.43. The van der Waals surface area contributed by atoms with Crippen molar-refractivity contribution in [3.63, 3.8) is 0 Å². The van der Waals surface area contributed by atoms with E-state index in [9.17, 15) is 72.2 Å². The van der Waals surface area contributed by atoms with E-state index in [0.717, 1.165) is 12.2 Å². The highest BCUT2D eigenvalue weighted by atomic mass is 31.3. The molecule has 3 aliphatic rings. The second-order valence-electron chi connectivity index (χ2n) is 9.03. The Morgan fingerprint density at radius 2 is 1.36 bits per heavy atom. The molecule has 3 aliphatic heterocycles. The molecule has 2 saturated heterocycles. The highest BCUT2D eigenvalue weighted by Gasteiger charge is 2.52. The van der Waals surface area contributed by atoms with Crippen LogP contribution in [0.25, 0.3) is 0 Å². The maximum absolute atomic E-state index is 14.0. The van der Waals surface area contributed by atoms with Crippen molar-refractivity contribution in [3.05, 3.63) is 12.2 Å². The lowest BCUT2D eigenvalue weighted by molar-refractivity contribution is -0.268. The topological polar surface area (TPSA) is 361 Å². The van der Waals surface area contributed by atoms with Crippen molar-refractivity contribution in [2.75, 3.05) is 13.2 Å². The molecule has 10 N–H and O–H groups in total. The van der Waals surface area contributed by atoms with Crippen LogP contribution in [0.2, 0.25) is 0 Å². The van der Waals surface area contributed by atoms with Gasteiger partial charge in [-0.15, -0.1) is 0 Å². The molecular formula is C16H26FNO22P4. The number of hydrogen-bond donors (Lipinski definition) is 10. The molecule has 0 saturated carbocycles. The fourth-order valence-corrected chi connectivity index (χ4v) is 8.91. The number of amides is 2. The molecule has 0 aromatic carbocycles. The lowest BCUT2D eigenvalue weighted by Gasteiger charge is -2.38. The zero-order valence-electron chi connectivity index (χ0n) is 21.3. The van der Waals surface area contributed by atoms with Gasteiger partial charge in [0, 0.05) is 6.08 Å². The van der Waals surface area contributed by atoms with E-state index in [2.05, 4.69) is 26.7 Å². The summed E-state index contributed by atoms with van der Waals surface area (Å²) in [5, 5.41) is 50.5. The molecule has 14 atom stereocenters. The highest BCUT2D eigenvalue weighted by Crippen LogP contribution is 2.71. The Balaban J connectivity index is 1.57. The third-order valence-corrected chi connectivity index (χ3v) is 11.7. The molecule has 23 nitrogen and oxygen atoms in total. The smallest absolute Gasteiger partial charge is 0.394 e. The number of nitrogens with one attached hydrogen (secondary N) is 1. The van der Waals surface area contributed by atoms with E-state index in [-0.39, 0.29) is 0 Å². The van der Waals surface area contributed by atoms with Crippen molar-refractivity contribution in [2.45, 2.75) is 55.2 Å². The first-order chi connectivity index (χ1) is 20.1. The van der Waals surface area contributed by atoms with Gasteiger partial charge < -0.3 is 54.6 Å². The molecule has 0 spiro atoms. The molecule has 2 fully saturated rings. The minimum Gasteiger partial charge on any atom is -0.394 e. The van der Waals surface area contributed by atoms with Crippen LogP contribution in [0.15, 0.2) is 12.2 Å². The van der Waals surface area contributed by atoms with Crippen molar-refractivity contribution in [1.29, 1.82) is 0 Å². The van der Waals surface area contributed by atoms with Gasteiger partial charge in [-0.1, -0.05) is 6.08 Å². The Labute approximate surface area is 244 Å². The van der Waals surface area contributed by atoms with Gasteiger partial charge in [-0.2, -0.15) is 12.9 Å². The molecule has 3 rings (SSSR count). The Bertz CT molecular complexity index is 1310. The van der Waals surface area contributed by atoms with Crippen molar-refractivity contribution >= 4 is 43.1 Å². The van der Waals surface area contributed by atoms with Crippen LogP contribution in [0.1, 0.15) is 0 Å². The number of hydrogen-bond acceptors (Lipinski definition) is 18. The Hall–Kier alpha value is -0.910. The first kappa shape index (κ1) is 37.5. The maximum Gasteiger partial charge on any atom is 0.490 e. The molecular weight excluding hydrogens is 701 g/mol. The summed E-state index contributed by atoms with van der Waals surface area (Å²) in [7, 11) is -24.4. The summed E-state index contributed by atoms with van der Waals surface area (Å²) in [6.45, 7) is -2.29. The molecule has 3 heterocycles. The van der Waals surface area contributed by atoms with E-state index < -0.39 is 117 Å². The standard InChI is InChI=1S/C16H26FNO22P4/c17-9-10(21)6(3-19)36-16(12(9)23)37-42(28,29)39-44(32,33)40-43(30,31)38-41(26,27)34-4-7-11(22)13(24)14(35-7)5-1-2-8(20)18-15(5)25/h1-2,5-7,9-14,16,19,21-24H,3-4H2,(H,26,27)(H,28,29)(H,30,31)(H,32,33)(H,18,20,25)/t5?,6-,7-,9+,10-,11-,12-,13-,14+,16-/m1/s1. The van der Waals surface area contributed by atoms with Gasteiger partial charge >= 0.3 is 31.3 Å². The zero-order chi connectivity index (χ0) is 33.4. The van der Waals surface area contributed by atoms with Crippen molar-refractivity contribution in [3.8, 4) is 0 Å². The SMILES string of the molecule is O=C1C=CC([C@@H]2O[C@H](COP(=O)(O)OP(=O)(O)OP(=O)(O)OP(=O)(O)O[C@H]3O[C@H](CO)[C@@H](O)[C@H](F)[C@H]3O)[C@@H](O)[C@H]2O)C(=O)N1. The van der Waals surface area contributed by atoms with Gasteiger partial charge in [-0.3, -0.25) is 24.0 Å². The number of aliphatic hydroxyl groups is 5. The second-order valence-corrected chi connectivity index (χ2v) is 15.2. The van der Waals surface area contributed by atoms with Crippen molar-refractivity contribution < 1.29 is 109 Å². The number of alkyl halides is 1. The minimum absolute atomic E-state index is 0.774. The van der Waals surface area contributed by atoms with Gasteiger partial charge in [-0.25, -0.2) is 22.7 Å². The molecule has 0 aromatic heterocycles. The molecule has 28 heteroatoms. The van der Waals surface area contributed by atoms with Crippen molar-refractivity contribution in [2.24, 2.45) is 5.92 Å². The lowest BCUT2D eigenvalue weighted by atomic mass is 9.93. The maximum atomic E-state index is 14.0. The van der Waals surface area contributed by atoms with E-state index in [4.69, 9.17) is 9.84 Å². The number of halogens is 1. The summed E-state index contributed by atoms with van der Waals surface area (Å²) < 4.78 is 91.8. The molecule has 44 heavy (non-hydrogen) atoms. The first-order valence-electron chi connectivity index (χ1n) is 11.7. The molecule has 0 bridgehead atoms. The normalized spacial score (nSPS) is 40.0. The minimum atomic E-state index is -6.31. The van der Waals surface area contributed by atoms with Gasteiger partial charge in [0.1, 0.15) is 42.7 Å². The number of carbonyl (C=O) groups excluding carboxylic acids is 2. The zero-order valence-corrected chi connectivity index (χ0v) is 24.9. The highest BCUT2D eigenvalue weighted by molar-refractivity contribution is 7.69. The molecule has 0 aliphatic carbocycles. The van der Waals surface area contributed by atoms with E-state index in [0.29, 0.717) is 0 Å². The average Bonchev–Trinajstić information content (AvgIpc) is 3.14. The van der Waals surface area contributed by atoms with E-state index >= 15 is 0 Å². The summed E-state index contributed by atoms with van der Waals surface area (Å²) >= 11 is 0. The molecule has 5 unspecified atom stereocenters. The second kappa shape index (κ2) is 14.1. The van der Waals surface area contributed by atoms with E-state index in [1.807, 2.05) is 5.32 Å². The fraction of sp³-hybridized carbons (Fsp3) is 0.750. The number of phosphoric ester groups is 2. The quantitative estimate of drug-likeness (QED) is 0.0651.